The fourth-order valence-corrected chi connectivity index (χ4v) is 3.35. The van der Waals surface area contributed by atoms with Gasteiger partial charge in [0.1, 0.15) is 5.69 Å². The lowest BCUT2D eigenvalue weighted by atomic mass is 10.0. The van der Waals surface area contributed by atoms with Gasteiger partial charge < -0.3 is 4.52 Å². The summed E-state index contributed by atoms with van der Waals surface area (Å²) in [5.74, 6) is -1.74. The Hall–Kier alpha value is -2.27. The zero-order valence-corrected chi connectivity index (χ0v) is 13.3. The van der Waals surface area contributed by atoms with Crippen LogP contribution in [0.4, 0.5) is 8.78 Å². The standard InChI is InChI=1S/C19H18F2N2O/c20-16-8-7-13(11-17(16)21)18-15-6-4-5-14(19(15)24-22-18)12-23-9-2-1-3-10-23/h4-8,11H,1-3,9-10,12H2. The van der Waals surface area contributed by atoms with Crippen LogP contribution in [-0.2, 0) is 6.54 Å². The number of piperidine rings is 1. The molecule has 2 aromatic carbocycles. The summed E-state index contributed by atoms with van der Waals surface area (Å²) in [6, 6.07) is 9.70. The van der Waals surface area contributed by atoms with Crippen LogP contribution in [0.25, 0.3) is 22.2 Å². The topological polar surface area (TPSA) is 29.3 Å². The van der Waals surface area contributed by atoms with Crippen molar-refractivity contribution in [1.29, 1.82) is 0 Å². The molecule has 1 aliphatic rings. The van der Waals surface area contributed by atoms with E-state index in [2.05, 4.69) is 10.1 Å². The lowest BCUT2D eigenvalue weighted by Gasteiger charge is -2.26. The molecular formula is C19H18F2N2O. The van der Waals surface area contributed by atoms with E-state index in [-0.39, 0.29) is 0 Å². The highest BCUT2D eigenvalue weighted by Gasteiger charge is 2.17. The molecule has 0 unspecified atom stereocenters. The van der Waals surface area contributed by atoms with Crippen LogP contribution in [-0.4, -0.2) is 23.1 Å². The van der Waals surface area contributed by atoms with Gasteiger partial charge in [-0.3, -0.25) is 4.90 Å². The number of aromatic nitrogens is 1. The Morgan fingerprint density at radius 1 is 1.00 bits per heavy atom. The molecule has 0 spiro atoms. The molecule has 0 radical (unpaired) electrons. The molecule has 0 aliphatic carbocycles. The van der Waals surface area contributed by atoms with Crippen molar-refractivity contribution >= 4 is 11.0 Å². The summed E-state index contributed by atoms with van der Waals surface area (Å²) in [4.78, 5) is 2.41. The first-order chi connectivity index (χ1) is 11.7. The predicted molar refractivity (Wildman–Crippen MR) is 88.5 cm³/mol. The highest BCUT2D eigenvalue weighted by atomic mass is 19.2. The summed E-state index contributed by atoms with van der Waals surface area (Å²) in [5, 5.41) is 4.94. The van der Waals surface area contributed by atoms with E-state index in [1.807, 2.05) is 18.2 Å². The van der Waals surface area contributed by atoms with E-state index >= 15 is 0 Å². The summed E-state index contributed by atoms with van der Waals surface area (Å²) < 4.78 is 32.2. The molecule has 1 aromatic heterocycles. The minimum absolute atomic E-state index is 0.516. The van der Waals surface area contributed by atoms with Crippen molar-refractivity contribution in [2.45, 2.75) is 25.8 Å². The molecule has 5 heteroatoms. The molecule has 1 fully saturated rings. The first kappa shape index (κ1) is 15.3. The quantitative estimate of drug-likeness (QED) is 0.694. The Bertz CT molecular complexity index is 869. The van der Waals surface area contributed by atoms with Crippen LogP contribution in [0.5, 0.6) is 0 Å². The van der Waals surface area contributed by atoms with Crippen LogP contribution in [0.15, 0.2) is 40.9 Å². The maximum absolute atomic E-state index is 13.5. The van der Waals surface area contributed by atoms with E-state index in [0.717, 1.165) is 48.3 Å². The van der Waals surface area contributed by atoms with Gasteiger partial charge >= 0.3 is 0 Å². The van der Waals surface area contributed by atoms with Crippen LogP contribution < -0.4 is 0 Å². The molecule has 1 saturated heterocycles. The van der Waals surface area contributed by atoms with Crippen molar-refractivity contribution in [1.82, 2.24) is 10.1 Å². The lowest BCUT2D eigenvalue weighted by molar-refractivity contribution is 0.220. The Balaban J connectivity index is 1.71. The number of benzene rings is 2. The Morgan fingerprint density at radius 3 is 2.62 bits per heavy atom. The van der Waals surface area contributed by atoms with Crippen LogP contribution in [0, 0.1) is 11.6 Å². The number of hydrogen-bond donors (Lipinski definition) is 0. The molecule has 0 bridgehead atoms. The molecule has 3 aromatic rings. The molecule has 124 valence electrons. The predicted octanol–water partition coefficient (Wildman–Crippen LogP) is 4.76. The third kappa shape index (κ3) is 2.80. The van der Waals surface area contributed by atoms with E-state index in [1.165, 1.54) is 25.3 Å². The number of halogens is 2. The minimum Gasteiger partial charge on any atom is -0.355 e. The zero-order chi connectivity index (χ0) is 16.5. The number of nitrogens with zero attached hydrogens (tertiary/aromatic N) is 2. The van der Waals surface area contributed by atoms with Gasteiger partial charge in [0.2, 0.25) is 0 Å². The largest absolute Gasteiger partial charge is 0.355 e. The Labute approximate surface area is 138 Å². The van der Waals surface area contributed by atoms with E-state index < -0.39 is 11.6 Å². The summed E-state index contributed by atoms with van der Waals surface area (Å²) in [5.41, 5.74) is 2.87. The molecule has 0 amide bonds. The summed E-state index contributed by atoms with van der Waals surface area (Å²) in [6.45, 7) is 3.02. The van der Waals surface area contributed by atoms with Gasteiger partial charge in [0, 0.05) is 17.7 Å². The third-order valence-corrected chi connectivity index (χ3v) is 4.62. The van der Waals surface area contributed by atoms with Crippen LogP contribution in [0.2, 0.25) is 0 Å². The van der Waals surface area contributed by atoms with E-state index in [9.17, 15) is 8.78 Å². The minimum atomic E-state index is -0.881. The molecule has 0 N–H and O–H groups in total. The summed E-state index contributed by atoms with van der Waals surface area (Å²) >= 11 is 0. The second kappa shape index (κ2) is 6.32. The Kier molecular flexibility index (Phi) is 4.02. The molecule has 1 aliphatic heterocycles. The first-order valence-corrected chi connectivity index (χ1v) is 8.27. The highest BCUT2D eigenvalue weighted by Crippen LogP contribution is 2.31. The average Bonchev–Trinajstić information content (AvgIpc) is 3.03. The molecule has 2 heterocycles. The fourth-order valence-electron chi connectivity index (χ4n) is 3.35. The Morgan fingerprint density at radius 2 is 1.83 bits per heavy atom. The van der Waals surface area contributed by atoms with E-state index in [4.69, 9.17) is 4.52 Å². The number of fused-ring (bicyclic) bond motifs is 1. The maximum atomic E-state index is 13.5. The maximum Gasteiger partial charge on any atom is 0.172 e. The zero-order valence-electron chi connectivity index (χ0n) is 13.3. The first-order valence-electron chi connectivity index (χ1n) is 8.27. The van der Waals surface area contributed by atoms with E-state index in [1.54, 1.807) is 0 Å². The molecule has 0 atom stereocenters. The van der Waals surface area contributed by atoms with Gasteiger partial charge in [0.05, 0.1) is 5.39 Å². The van der Waals surface area contributed by atoms with Gasteiger partial charge in [-0.1, -0.05) is 23.7 Å². The number of para-hydroxylation sites is 1. The SMILES string of the molecule is Fc1ccc(-c2noc3c(CN4CCCCC4)cccc23)cc1F. The van der Waals surface area contributed by atoms with Crippen molar-refractivity contribution in [3.63, 3.8) is 0 Å². The van der Waals surface area contributed by atoms with Crippen LogP contribution >= 0.6 is 0 Å². The summed E-state index contributed by atoms with van der Waals surface area (Å²) in [6.07, 6.45) is 3.75. The second-order valence-corrected chi connectivity index (χ2v) is 6.29. The number of hydrogen-bond acceptors (Lipinski definition) is 3. The molecular weight excluding hydrogens is 310 g/mol. The molecule has 4 rings (SSSR count). The smallest absolute Gasteiger partial charge is 0.172 e. The van der Waals surface area contributed by atoms with Gasteiger partial charge in [-0.2, -0.15) is 0 Å². The van der Waals surface area contributed by atoms with E-state index in [0.29, 0.717) is 11.3 Å². The lowest BCUT2D eigenvalue weighted by Crippen LogP contribution is -2.29. The van der Waals surface area contributed by atoms with Gasteiger partial charge in [0.15, 0.2) is 17.2 Å². The fraction of sp³-hybridized carbons (Fsp3) is 0.316. The van der Waals surface area contributed by atoms with Gasteiger partial charge in [-0.05, 0) is 50.2 Å². The van der Waals surface area contributed by atoms with Crippen molar-refractivity contribution in [3.05, 3.63) is 53.6 Å². The van der Waals surface area contributed by atoms with Gasteiger partial charge in [0.25, 0.3) is 0 Å². The highest BCUT2D eigenvalue weighted by molar-refractivity contribution is 5.93. The molecule has 3 nitrogen and oxygen atoms in total. The van der Waals surface area contributed by atoms with Crippen molar-refractivity contribution < 1.29 is 13.3 Å². The van der Waals surface area contributed by atoms with Gasteiger partial charge in [-0.25, -0.2) is 8.78 Å². The third-order valence-electron chi connectivity index (χ3n) is 4.62. The van der Waals surface area contributed by atoms with Gasteiger partial charge in [-0.15, -0.1) is 0 Å². The molecule has 0 saturated carbocycles. The number of likely N-dealkylation sites (tertiary alicyclic amines) is 1. The number of rotatable bonds is 3. The van der Waals surface area contributed by atoms with Crippen LogP contribution in [0.3, 0.4) is 0 Å². The second-order valence-electron chi connectivity index (χ2n) is 6.29. The summed E-state index contributed by atoms with van der Waals surface area (Å²) in [7, 11) is 0. The van der Waals surface area contributed by atoms with Crippen LogP contribution in [0.1, 0.15) is 24.8 Å². The normalized spacial score (nSPS) is 15.9. The van der Waals surface area contributed by atoms with Crippen molar-refractivity contribution in [3.8, 4) is 11.3 Å². The molecule has 24 heavy (non-hydrogen) atoms. The van der Waals surface area contributed by atoms with Crippen molar-refractivity contribution in [2.75, 3.05) is 13.1 Å². The average molecular weight is 328 g/mol. The monoisotopic (exact) mass is 328 g/mol. The van der Waals surface area contributed by atoms with Crippen molar-refractivity contribution in [2.24, 2.45) is 0 Å².